The lowest BCUT2D eigenvalue weighted by molar-refractivity contribution is -0.137. The molecule has 2 unspecified atom stereocenters. The predicted molar refractivity (Wildman–Crippen MR) is 74.8 cm³/mol. The van der Waals surface area contributed by atoms with E-state index in [0.717, 1.165) is 6.42 Å². The average molecular weight is 286 g/mol. The van der Waals surface area contributed by atoms with Crippen LogP contribution in [-0.2, 0) is 12.6 Å². The Morgan fingerprint density at radius 3 is 2.60 bits per heavy atom. The van der Waals surface area contributed by atoms with Crippen LogP contribution in [0.3, 0.4) is 0 Å². The Labute approximate surface area is 117 Å². The van der Waals surface area contributed by atoms with Gasteiger partial charge in [-0.2, -0.15) is 13.2 Å². The molecule has 5 heteroatoms. The molecular weight excluding hydrogens is 265 g/mol. The van der Waals surface area contributed by atoms with Crippen molar-refractivity contribution in [3.63, 3.8) is 0 Å². The molecule has 0 amide bonds. The van der Waals surface area contributed by atoms with Crippen LogP contribution in [0.25, 0.3) is 0 Å². The maximum Gasteiger partial charge on any atom is 0.418 e. The van der Waals surface area contributed by atoms with Gasteiger partial charge in [0.05, 0.1) is 5.56 Å². The van der Waals surface area contributed by atoms with Gasteiger partial charge >= 0.3 is 6.18 Å². The van der Waals surface area contributed by atoms with Crippen LogP contribution in [0.1, 0.15) is 31.4 Å². The number of benzene rings is 1. The van der Waals surface area contributed by atoms with Gasteiger partial charge in [0.1, 0.15) is 0 Å². The minimum Gasteiger partial charge on any atom is -0.371 e. The van der Waals surface area contributed by atoms with E-state index in [9.17, 15) is 13.2 Å². The minimum atomic E-state index is -4.32. The van der Waals surface area contributed by atoms with Crippen LogP contribution in [0, 0.1) is 5.92 Å². The molecule has 1 aromatic rings. The maximum absolute atomic E-state index is 13.3. The third-order valence-electron chi connectivity index (χ3n) is 3.69. The van der Waals surface area contributed by atoms with Crippen LogP contribution < -0.4 is 10.6 Å². The lowest BCUT2D eigenvalue weighted by atomic mass is 10.0. The van der Waals surface area contributed by atoms with E-state index in [0.29, 0.717) is 36.7 Å². The summed E-state index contributed by atoms with van der Waals surface area (Å²) in [6, 6.07) is 4.46. The van der Waals surface area contributed by atoms with Gasteiger partial charge in [-0.15, -0.1) is 0 Å². The number of hydrogen-bond acceptors (Lipinski definition) is 2. The quantitative estimate of drug-likeness (QED) is 0.922. The first-order valence-corrected chi connectivity index (χ1v) is 6.98. The van der Waals surface area contributed by atoms with Crippen LogP contribution in [0.2, 0.25) is 0 Å². The Morgan fingerprint density at radius 1 is 1.40 bits per heavy atom. The fourth-order valence-corrected chi connectivity index (χ4v) is 2.74. The van der Waals surface area contributed by atoms with Crippen molar-refractivity contribution < 1.29 is 13.2 Å². The van der Waals surface area contributed by atoms with Crippen molar-refractivity contribution in [3.05, 3.63) is 29.3 Å². The first-order chi connectivity index (χ1) is 9.27. The predicted octanol–water partition coefficient (Wildman–Crippen LogP) is 3.44. The van der Waals surface area contributed by atoms with Crippen molar-refractivity contribution in [3.8, 4) is 0 Å². The lowest BCUT2D eigenvalue weighted by Crippen LogP contribution is -2.24. The van der Waals surface area contributed by atoms with Gasteiger partial charge in [-0.1, -0.05) is 13.0 Å². The third-order valence-corrected chi connectivity index (χ3v) is 3.69. The summed E-state index contributed by atoms with van der Waals surface area (Å²) in [5.74, 6) is 0.444. The standard InChI is InChI=1S/C15H21F3N2/c1-10-5-6-20(9-10)14-4-3-12(7-11(2)19)8-13(14)15(16,17)18/h3-4,8,10-11H,5-7,9,19H2,1-2H3. The summed E-state index contributed by atoms with van der Waals surface area (Å²) in [7, 11) is 0. The lowest BCUT2D eigenvalue weighted by Gasteiger charge is -2.24. The summed E-state index contributed by atoms with van der Waals surface area (Å²) in [6.07, 6.45) is -2.92. The highest BCUT2D eigenvalue weighted by Gasteiger charge is 2.36. The number of rotatable bonds is 3. The van der Waals surface area contributed by atoms with Gasteiger partial charge in [0.2, 0.25) is 0 Å². The average Bonchev–Trinajstić information content (AvgIpc) is 2.74. The van der Waals surface area contributed by atoms with E-state index in [-0.39, 0.29) is 6.04 Å². The molecule has 2 rings (SSSR count). The second-order valence-corrected chi connectivity index (χ2v) is 5.87. The molecule has 112 valence electrons. The van der Waals surface area contributed by atoms with Crippen molar-refractivity contribution in [1.82, 2.24) is 0 Å². The molecule has 2 atom stereocenters. The largest absolute Gasteiger partial charge is 0.418 e. The Kier molecular flexibility index (Phi) is 4.28. The van der Waals surface area contributed by atoms with Gasteiger partial charge in [0.25, 0.3) is 0 Å². The van der Waals surface area contributed by atoms with Crippen LogP contribution in [-0.4, -0.2) is 19.1 Å². The summed E-state index contributed by atoms with van der Waals surface area (Å²) >= 11 is 0. The van der Waals surface area contributed by atoms with E-state index in [2.05, 4.69) is 6.92 Å². The summed E-state index contributed by atoms with van der Waals surface area (Å²) in [6.45, 7) is 5.24. The van der Waals surface area contributed by atoms with Crippen LogP contribution in [0.15, 0.2) is 18.2 Å². The van der Waals surface area contributed by atoms with Crippen molar-refractivity contribution >= 4 is 5.69 Å². The Balaban J connectivity index is 2.36. The highest BCUT2D eigenvalue weighted by molar-refractivity contribution is 5.57. The molecule has 1 aliphatic rings. The third kappa shape index (κ3) is 3.45. The first kappa shape index (κ1) is 15.2. The summed E-state index contributed by atoms with van der Waals surface area (Å²) < 4.78 is 39.8. The molecule has 2 nitrogen and oxygen atoms in total. The monoisotopic (exact) mass is 286 g/mol. The Morgan fingerprint density at radius 2 is 2.10 bits per heavy atom. The van der Waals surface area contributed by atoms with Crippen molar-refractivity contribution in [2.75, 3.05) is 18.0 Å². The van der Waals surface area contributed by atoms with E-state index in [1.807, 2.05) is 4.90 Å². The Bertz CT molecular complexity index is 469. The molecule has 0 saturated carbocycles. The summed E-state index contributed by atoms with van der Waals surface area (Å²) in [5.41, 5.74) is 6.08. The molecule has 1 heterocycles. The maximum atomic E-state index is 13.3. The van der Waals surface area contributed by atoms with E-state index in [1.54, 1.807) is 19.1 Å². The second-order valence-electron chi connectivity index (χ2n) is 5.87. The fraction of sp³-hybridized carbons (Fsp3) is 0.600. The zero-order chi connectivity index (χ0) is 14.9. The minimum absolute atomic E-state index is 0.145. The van der Waals surface area contributed by atoms with Gasteiger partial charge in [0.15, 0.2) is 0 Å². The van der Waals surface area contributed by atoms with Gasteiger partial charge in [-0.3, -0.25) is 0 Å². The summed E-state index contributed by atoms with van der Waals surface area (Å²) in [5, 5.41) is 0. The molecule has 0 bridgehead atoms. The number of halogens is 3. The zero-order valence-corrected chi connectivity index (χ0v) is 11.9. The molecule has 1 aliphatic heterocycles. The van der Waals surface area contributed by atoms with Gasteiger partial charge in [-0.05, 0) is 43.4 Å². The molecular formula is C15H21F3N2. The number of anilines is 1. The van der Waals surface area contributed by atoms with Crippen LogP contribution in [0.4, 0.5) is 18.9 Å². The van der Waals surface area contributed by atoms with E-state index in [1.165, 1.54) is 6.07 Å². The SMILES string of the molecule is CC(N)Cc1ccc(N2CCC(C)C2)c(C(F)(F)F)c1. The van der Waals surface area contributed by atoms with Crippen molar-refractivity contribution in [2.45, 2.75) is 38.9 Å². The van der Waals surface area contributed by atoms with Crippen LogP contribution >= 0.6 is 0 Å². The van der Waals surface area contributed by atoms with Crippen molar-refractivity contribution in [1.29, 1.82) is 0 Å². The molecule has 1 saturated heterocycles. The van der Waals surface area contributed by atoms with Crippen LogP contribution in [0.5, 0.6) is 0 Å². The smallest absolute Gasteiger partial charge is 0.371 e. The highest BCUT2D eigenvalue weighted by Crippen LogP contribution is 2.39. The zero-order valence-electron chi connectivity index (χ0n) is 11.9. The highest BCUT2D eigenvalue weighted by atomic mass is 19.4. The fourth-order valence-electron chi connectivity index (χ4n) is 2.74. The Hall–Kier alpha value is -1.23. The molecule has 2 N–H and O–H groups in total. The van der Waals surface area contributed by atoms with Crippen molar-refractivity contribution in [2.24, 2.45) is 11.7 Å². The van der Waals surface area contributed by atoms with E-state index >= 15 is 0 Å². The van der Waals surface area contributed by atoms with E-state index in [4.69, 9.17) is 5.73 Å². The number of alkyl halides is 3. The number of nitrogens with two attached hydrogens (primary N) is 1. The summed E-state index contributed by atoms with van der Waals surface area (Å²) in [4.78, 5) is 1.84. The van der Waals surface area contributed by atoms with Gasteiger partial charge in [0, 0.05) is 24.8 Å². The molecule has 0 aromatic heterocycles. The molecule has 0 radical (unpaired) electrons. The molecule has 1 aromatic carbocycles. The normalized spacial score (nSPS) is 21.3. The molecule has 0 aliphatic carbocycles. The van der Waals surface area contributed by atoms with E-state index < -0.39 is 11.7 Å². The first-order valence-electron chi connectivity index (χ1n) is 6.98. The van der Waals surface area contributed by atoms with Gasteiger partial charge in [-0.25, -0.2) is 0 Å². The van der Waals surface area contributed by atoms with Gasteiger partial charge < -0.3 is 10.6 Å². The molecule has 0 spiro atoms. The number of hydrogen-bond donors (Lipinski definition) is 1. The molecule has 1 fully saturated rings. The second kappa shape index (κ2) is 5.64. The topological polar surface area (TPSA) is 29.3 Å². The molecule has 20 heavy (non-hydrogen) atoms. The number of nitrogens with zero attached hydrogens (tertiary/aromatic N) is 1.